The molecule has 2 saturated heterocycles. The highest BCUT2D eigenvalue weighted by Crippen LogP contribution is 2.40. The summed E-state index contributed by atoms with van der Waals surface area (Å²) in [5.74, 6) is 1.60. The van der Waals surface area contributed by atoms with Crippen molar-refractivity contribution in [3.63, 3.8) is 0 Å². The number of likely N-dealkylation sites (tertiary alicyclic amines) is 1. The normalized spacial score (nSPS) is 27.9. The first-order valence-electron chi connectivity index (χ1n) is 7.34. The number of fused-ring (bicyclic) bond motifs is 1. The van der Waals surface area contributed by atoms with Gasteiger partial charge in [0.1, 0.15) is 11.8 Å². The third kappa shape index (κ3) is 2.42. The molecule has 2 aliphatic heterocycles. The van der Waals surface area contributed by atoms with Crippen LogP contribution < -0.4 is 0 Å². The van der Waals surface area contributed by atoms with Gasteiger partial charge in [-0.1, -0.05) is 5.16 Å². The first-order valence-corrected chi connectivity index (χ1v) is 8.28. The minimum absolute atomic E-state index is 0.0119. The van der Waals surface area contributed by atoms with Crippen molar-refractivity contribution in [1.82, 2.24) is 20.0 Å². The van der Waals surface area contributed by atoms with E-state index < -0.39 is 0 Å². The van der Waals surface area contributed by atoms with Gasteiger partial charge in [0.15, 0.2) is 0 Å². The maximum Gasteiger partial charge on any atom is 0.273 e. The van der Waals surface area contributed by atoms with E-state index in [1.165, 1.54) is 11.3 Å². The predicted molar refractivity (Wildman–Crippen MR) is 77.4 cm³/mol. The van der Waals surface area contributed by atoms with Gasteiger partial charge in [-0.2, -0.15) is 4.98 Å². The Balaban J connectivity index is 1.44. The van der Waals surface area contributed by atoms with Crippen molar-refractivity contribution in [2.75, 3.05) is 13.1 Å². The minimum Gasteiger partial charge on any atom is -0.365 e. The smallest absolute Gasteiger partial charge is 0.273 e. The molecule has 0 unspecified atom stereocenters. The second-order valence-corrected chi connectivity index (χ2v) is 6.46. The largest absolute Gasteiger partial charge is 0.365 e. The first-order chi connectivity index (χ1) is 10.7. The molecule has 2 fully saturated rings. The number of nitrogens with zero attached hydrogens (tertiary/aromatic N) is 4. The Labute approximate surface area is 131 Å². The van der Waals surface area contributed by atoms with Gasteiger partial charge in [0.2, 0.25) is 11.7 Å². The number of aryl methyl sites for hydroxylation is 1. The molecular formula is C14H16N4O3S. The third-order valence-corrected chi connectivity index (χ3v) is 4.91. The SMILES string of the molecule is Cc1nc([C@@H]2C[C@@H]3CCN(C(=O)c4cscn4)C[C@H]3O2)no1. The lowest BCUT2D eigenvalue weighted by atomic mass is 9.91. The lowest BCUT2D eigenvalue weighted by molar-refractivity contribution is -0.00760. The fourth-order valence-electron chi connectivity index (χ4n) is 3.21. The topological polar surface area (TPSA) is 81.4 Å². The van der Waals surface area contributed by atoms with Gasteiger partial charge in [-0.3, -0.25) is 4.79 Å². The second kappa shape index (κ2) is 5.44. The van der Waals surface area contributed by atoms with Crippen molar-refractivity contribution in [2.24, 2.45) is 5.92 Å². The molecule has 2 aromatic rings. The van der Waals surface area contributed by atoms with Crippen molar-refractivity contribution >= 4 is 17.2 Å². The van der Waals surface area contributed by atoms with Crippen LogP contribution in [0.5, 0.6) is 0 Å². The van der Waals surface area contributed by atoms with Crippen LogP contribution in [0.3, 0.4) is 0 Å². The number of carbonyl (C=O) groups excluding carboxylic acids is 1. The summed E-state index contributed by atoms with van der Waals surface area (Å²) < 4.78 is 11.1. The maximum absolute atomic E-state index is 12.4. The molecule has 1 amide bonds. The molecule has 22 heavy (non-hydrogen) atoms. The van der Waals surface area contributed by atoms with E-state index in [9.17, 15) is 4.79 Å². The van der Waals surface area contributed by atoms with E-state index in [0.29, 0.717) is 29.9 Å². The van der Waals surface area contributed by atoms with Crippen LogP contribution in [0.4, 0.5) is 0 Å². The van der Waals surface area contributed by atoms with Gasteiger partial charge in [0.25, 0.3) is 5.91 Å². The highest BCUT2D eigenvalue weighted by molar-refractivity contribution is 7.07. The molecule has 0 N–H and O–H groups in total. The van der Waals surface area contributed by atoms with Crippen LogP contribution in [0.1, 0.15) is 41.1 Å². The minimum atomic E-state index is -0.123. The van der Waals surface area contributed by atoms with Crippen LogP contribution in [0.15, 0.2) is 15.4 Å². The van der Waals surface area contributed by atoms with Gasteiger partial charge < -0.3 is 14.2 Å². The van der Waals surface area contributed by atoms with E-state index in [-0.39, 0.29) is 18.1 Å². The second-order valence-electron chi connectivity index (χ2n) is 5.74. The number of hydrogen-bond donors (Lipinski definition) is 0. The molecule has 0 aromatic carbocycles. The summed E-state index contributed by atoms with van der Waals surface area (Å²) in [7, 11) is 0. The van der Waals surface area contributed by atoms with E-state index >= 15 is 0 Å². The highest BCUT2D eigenvalue weighted by Gasteiger charge is 2.42. The molecule has 2 aliphatic rings. The molecular weight excluding hydrogens is 304 g/mol. The monoisotopic (exact) mass is 320 g/mol. The Kier molecular flexibility index (Phi) is 3.42. The van der Waals surface area contributed by atoms with Gasteiger partial charge in [0, 0.05) is 25.4 Å². The predicted octanol–water partition coefficient (Wildman–Crippen LogP) is 1.83. The van der Waals surface area contributed by atoms with Crippen molar-refractivity contribution in [3.8, 4) is 0 Å². The van der Waals surface area contributed by atoms with Crippen LogP contribution in [0.2, 0.25) is 0 Å². The number of hydrogen-bond acceptors (Lipinski definition) is 7. The van der Waals surface area contributed by atoms with Crippen LogP contribution >= 0.6 is 11.3 Å². The summed E-state index contributed by atoms with van der Waals surface area (Å²) in [4.78, 5) is 22.6. The summed E-state index contributed by atoms with van der Waals surface area (Å²) in [6.07, 6.45) is 1.75. The quantitative estimate of drug-likeness (QED) is 0.839. The molecule has 116 valence electrons. The number of aromatic nitrogens is 3. The van der Waals surface area contributed by atoms with E-state index in [0.717, 1.165) is 19.4 Å². The third-order valence-electron chi connectivity index (χ3n) is 4.32. The van der Waals surface area contributed by atoms with E-state index in [4.69, 9.17) is 9.26 Å². The van der Waals surface area contributed by atoms with Crippen LogP contribution in [0, 0.1) is 12.8 Å². The standard InChI is InChI=1S/C14H16N4O3S/c1-8-16-13(17-21-8)11-4-9-2-3-18(5-12(9)20-11)14(19)10-6-22-7-15-10/h6-7,9,11-12H,2-5H2,1H3/t9-,11-,12+/m0/s1. The van der Waals surface area contributed by atoms with Crippen molar-refractivity contribution in [1.29, 1.82) is 0 Å². The van der Waals surface area contributed by atoms with Crippen molar-refractivity contribution in [2.45, 2.75) is 32.0 Å². The Hall–Kier alpha value is -1.80. The molecule has 8 heteroatoms. The Morgan fingerprint density at radius 1 is 1.50 bits per heavy atom. The molecule has 2 aromatic heterocycles. The Morgan fingerprint density at radius 3 is 3.14 bits per heavy atom. The van der Waals surface area contributed by atoms with Crippen molar-refractivity contribution in [3.05, 3.63) is 28.3 Å². The van der Waals surface area contributed by atoms with E-state index in [2.05, 4.69) is 15.1 Å². The van der Waals surface area contributed by atoms with E-state index in [1.54, 1.807) is 17.8 Å². The summed E-state index contributed by atoms with van der Waals surface area (Å²) in [5, 5.41) is 5.74. The fourth-order valence-corrected chi connectivity index (χ4v) is 3.73. The number of amides is 1. The zero-order chi connectivity index (χ0) is 15.1. The van der Waals surface area contributed by atoms with Gasteiger partial charge in [0.05, 0.1) is 11.6 Å². The molecule has 0 radical (unpaired) electrons. The summed E-state index contributed by atoms with van der Waals surface area (Å²) in [5.41, 5.74) is 2.20. The Bertz CT molecular complexity index is 671. The summed E-state index contributed by atoms with van der Waals surface area (Å²) in [6, 6.07) is 0. The average Bonchev–Trinajstić information content (AvgIpc) is 3.25. The molecule has 0 aliphatic carbocycles. The number of carbonyl (C=O) groups is 1. The number of piperidine rings is 1. The van der Waals surface area contributed by atoms with Crippen molar-refractivity contribution < 1.29 is 14.1 Å². The fraction of sp³-hybridized carbons (Fsp3) is 0.571. The molecule has 4 heterocycles. The van der Waals surface area contributed by atoms with Gasteiger partial charge >= 0.3 is 0 Å². The molecule has 0 bridgehead atoms. The van der Waals surface area contributed by atoms with Crippen LogP contribution in [0.25, 0.3) is 0 Å². The maximum atomic E-state index is 12.4. The molecule has 7 nitrogen and oxygen atoms in total. The first kappa shape index (κ1) is 13.8. The molecule has 4 rings (SSSR count). The average molecular weight is 320 g/mol. The molecule has 3 atom stereocenters. The van der Waals surface area contributed by atoms with Gasteiger partial charge in [-0.05, 0) is 18.8 Å². The Morgan fingerprint density at radius 2 is 2.41 bits per heavy atom. The number of ether oxygens (including phenoxy) is 1. The summed E-state index contributed by atoms with van der Waals surface area (Å²) in [6.45, 7) is 3.12. The highest BCUT2D eigenvalue weighted by atomic mass is 32.1. The summed E-state index contributed by atoms with van der Waals surface area (Å²) >= 11 is 1.43. The van der Waals surface area contributed by atoms with Crippen LogP contribution in [-0.4, -0.2) is 45.1 Å². The number of thiazole rings is 1. The number of rotatable bonds is 2. The molecule has 0 saturated carbocycles. The van der Waals surface area contributed by atoms with Crippen LogP contribution in [-0.2, 0) is 4.74 Å². The van der Waals surface area contributed by atoms with E-state index in [1.807, 2.05) is 4.90 Å². The lowest BCUT2D eigenvalue weighted by Crippen LogP contribution is -2.45. The van der Waals surface area contributed by atoms with Gasteiger partial charge in [-0.25, -0.2) is 4.98 Å². The zero-order valence-electron chi connectivity index (χ0n) is 12.1. The van der Waals surface area contributed by atoms with Gasteiger partial charge in [-0.15, -0.1) is 11.3 Å². The molecule has 0 spiro atoms. The lowest BCUT2D eigenvalue weighted by Gasteiger charge is -2.33. The zero-order valence-corrected chi connectivity index (χ0v) is 13.0.